The molecule has 1 N–H and O–H groups in total. The molecule has 0 amide bonds. The van der Waals surface area contributed by atoms with E-state index in [9.17, 15) is 5.11 Å². The Balaban J connectivity index is 1.31. The standard InChI is InChI=1S/C32H52O2Si/c1-29(2,3)35(6,7)34-28-16-15-26-25-14-13-24-22-32(33,21-23-11-9-8-10-12-23)20-19-30(24,4)27(25)17-18-31(26,28)5/h8-12,24-28,33H,13-22H2,1-7H3/t24?,25-,26-,27-,28-,30-,31-,32+/m0/s1. The van der Waals surface area contributed by atoms with E-state index < -0.39 is 13.9 Å². The molecule has 8 atom stereocenters. The second-order valence-electron chi connectivity index (χ2n) is 15.2. The van der Waals surface area contributed by atoms with Crippen LogP contribution >= 0.6 is 0 Å². The maximum atomic E-state index is 11.7. The van der Waals surface area contributed by atoms with E-state index in [1.54, 1.807) is 0 Å². The Morgan fingerprint density at radius 2 is 1.57 bits per heavy atom. The molecular formula is C32H52O2Si. The smallest absolute Gasteiger partial charge is 0.192 e. The average Bonchev–Trinajstić information content (AvgIpc) is 3.10. The topological polar surface area (TPSA) is 29.5 Å². The molecule has 4 saturated carbocycles. The van der Waals surface area contributed by atoms with Gasteiger partial charge in [-0.2, -0.15) is 0 Å². The molecule has 1 aromatic carbocycles. The van der Waals surface area contributed by atoms with Crippen LogP contribution in [0.25, 0.3) is 0 Å². The number of hydrogen-bond donors (Lipinski definition) is 1. The minimum absolute atomic E-state index is 0.281. The van der Waals surface area contributed by atoms with Crippen LogP contribution in [0.2, 0.25) is 18.1 Å². The fourth-order valence-electron chi connectivity index (χ4n) is 9.14. The molecule has 0 saturated heterocycles. The van der Waals surface area contributed by atoms with Gasteiger partial charge in [0.15, 0.2) is 8.32 Å². The summed E-state index contributed by atoms with van der Waals surface area (Å²) in [6.45, 7) is 17.3. The first-order valence-corrected chi connectivity index (χ1v) is 17.6. The van der Waals surface area contributed by atoms with Crippen LogP contribution < -0.4 is 0 Å². The SMILES string of the molecule is CC(C)(C)[Si](C)(C)O[C@H]1CC[C@H]2[C@@H]3CCC4C[C@](O)(Cc5ccccc5)CC[C@]4(C)[C@H]3CC[C@]12C. The van der Waals surface area contributed by atoms with E-state index in [1.165, 1.54) is 50.5 Å². The average molecular weight is 497 g/mol. The number of hydrogen-bond acceptors (Lipinski definition) is 2. The van der Waals surface area contributed by atoms with Gasteiger partial charge in [0.2, 0.25) is 0 Å². The van der Waals surface area contributed by atoms with Crippen LogP contribution in [-0.4, -0.2) is 25.1 Å². The van der Waals surface area contributed by atoms with Gasteiger partial charge in [-0.25, -0.2) is 0 Å². The third-order valence-electron chi connectivity index (χ3n) is 12.4. The van der Waals surface area contributed by atoms with Crippen LogP contribution in [0, 0.1) is 34.5 Å². The Hall–Kier alpha value is -0.643. The third-order valence-corrected chi connectivity index (χ3v) is 16.8. The van der Waals surface area contributed by atoms with Gasteiger partial charge in [0.1, 0.15) is 0 Å². The largest absolute Gasteiger partial charge is 0.413 e. The van der Waals surface area contributed by atoms with E-state index in [1.807, 2.05) is 0 Å². The van der Waals surface area contributed by atoms with Crippen LogP contribution in [0.15, 0.2) is 30.3 Å². The van der Waals surface area contributed by atoms with Crippen molar-refractivity contribution in [1.29, 1.82) is 0 Å². The highest BCUT2D eigenvalue weighted by molar-refractivity contribution is 6.74. The molecule has 4 aliphatic rings. The Bertz CT molecular complexity index is 906. The summed E-state index contributed by atoms with van der Waals surface area (Å²) in [4.78, 5) is 0. The predicted octanol–water partition coefficient (Wildman–Crippen LogP) is 8.39. The fourth-order valence-corrected chi connectivity index (χ4v) is 10.6. The van der Waals surface area contributed by atoms with Crippen LogP contribution in [0.5, 0.6) is 0 Å². The lowest BCUT2D eigenvalue weighted by Crippen LogP contribution is -2.57. The molecule has 35 heavy (non-hydrogen) atoms. The molecule has 196 valence electrons. The van der Waals surface area contributed by atoms with Crippen molar-refractivity contribution in [3.8, 4) is 0 Å². The second kappa shape index (κ2) is 8.70. The maximum absolute atomic E-state index is 11.7. The predicted molar refractivity (Wildman–Crippen MR) is 149 cm³/mol. The molecule has 4 fully saturated rings. The quantitative estimate of drug-likeness (QED) is 0.424. The summed E-state index contributed by atoms with van der Waals surface area (Å²) < 4.78 is 7.14. The van der Waals surface area contributed by atoms with Crippen molar-refractivity contribution in [2.75, 3.05) is 0 Å². The van der Waals surface area contributed by atoms with Crippen molar-refractivity contribution < 1.29 is 9.53 Å². The first-order chi connectivity index (χ1) is 16.3. The summed E-state index contributed by atoms with van der Waals surface area (Å²) >= 11 is 0. The van der Waals surface area contributed by atoms with Crippen LogP contribution in [0.1, 0.15) is 98.0 Å². The van der Waals surface area contributed by atoms with Gasteiger partial charge in [0, 0.05) is 6.42 Å². The van der Waals surface area contributed by atoms with Gasteiger partial charge in [0.05, 0.1) is 11.7 Å². The number of fused-ring (bicyclic) bond motifs is 5. The van der Waals surface area contributed by atoms with Gasteiger partial charge < -0.3 is 9.53 Å². The summed E-state index contributed by atoms with van der Waals surface area (Å²) in [7, 11) is -1.76. The molecule has 2 nitrogen and oxygen atoms in total. The van der Waals surface area contributed by atoms with Crippen molar-refractivity contribution >= 4 is 8.32 Å². The lowest BCUT2D eigenvalue weighted by molar-refractivity contribution is -0.153. The summed E-state index contributed by atoms with van der Waals surface area (Å²) in [6, 6.07) is 10.7. The molecular weight excluding hydrogens is 444 g/mol. The summed E-state index contributed by atoms with van der Waals surface area (Å²) in [6.07, 6.45) is 12.5. The molecule has 5 rings (SSSR count). The van der Waals surface area contributed by atoms with Crippen LogP contribution in [-0.2, 0) is 10.8 Å². The van der Waals surface area contributed by atoms with Gasteiger partial charge in [-0.15, -0.1) is 0 Å². The molecule has 0 heterocycles. The third kappa shape index (κ3) is 4.40. The zero-order valence-corrected chi connectivity index (χ0v) is 24.7. The van der Waals surface area contributed by atoms with E-state index in [4.69, 9.17) is 4.43 Å². The van der Waals surface area contributed by atoms with E-state index in [-0.39, 0.29) is 5.04 Å². The Morgan fingerprint density at radius 3 is 2.26 bits per heavy atom. The molecule has 0 bridgehead atoms. The zero-order valence-electron chi connectivity index (χ0n) is 23.7. The van der Waals surface area contributed by atoms with Gasteiger partial charge in [-0.3, -0.25) is 0 Å². The van der Waals surface area contributed by atoms with Gasteiger partial charge >= 0.3 is 0 Å². The van der Waals surface area contributed by atoms with Gasteiger partial charge in [0.25, 0.3) is 0 Å². The highest BCUT2D eigenvalue weighted by atomic mass is 28.4. The molecule has 4 aliphatic carbocycles. The number of aliphatic hydroxyl groups is 1. The molecule has 3 heteroatoms. The first kappa shape index (κ1) is 26.0. The minimum Gasteiger partial charge on any atom is -0.413 e. The van der Waals surface area contributed by atoms with E-state index in [2.05, 4.69) is 78.0 Å². The van der Waals surface area contributed by atoms with E-state index in [0.29, 0.717) is 22.9 Å². The van der Waals surface area contributed by atoms with E-state index in [0.717, 1.165) is 37.0 Å². The van der Waals surface area contributed by atoms with Crippen molar-refractivity contribution in [3.63, 3.8) is 0 Å². The van der Waals surface area contributed by atoms with Crippen LogP contribution in [0.4, 0.5) is 0 Å². The van der Waals surface area contributed by atoms with Crippen molar-refractivity contribution in [1.82, 2.24) is 0 Å². The molecule has 0 aliphatic heterocycles. The Labute approximate surface area is 216 Å². The highest BCUT2D eigenvalue weighted by Crippen LogP contribution is 2.67. The molecule has 0 aromatic heterocycles. The molecule has 0 radical (unpaired) electrons. The molecule has 1 aromatic rings. The monoisotopic (exact) mass is 496 g/mol. The summed E-state index contributed by atoms with van der Waals surface area (Å²) in [5.41, 5.74) is 1.55. The molecule has 0 spiro atoms. The second-order valence-corrected chi connectivity index (χ2v) is 20.0. The van der Waals surface area contributed by atoms with Crippen molar-refractivity contribution in [2.24, 2.45) is 34.5 Å². The summed E-state index contributed by atoms with van der Waals surface area (Å²) in [5.74, 6) is 3.21. The molecule has 1 unspecified atom stereocenters. The summed E-state index contributed by atoms with van der Waals surface area (Å²) in [5, 5.41) is 11.9. The van der Waals surface area contributed by atoms with Gasteiger partial charge in [-0.05, 0) is 116 Å². The fraction of sp³-hybridized carbons (Fsp3) is 0.812. The van der Waals surface area contributed by atoms with Crippen LogP contribution in [0.3, 0.4) is 0 Å². The first-order valence-electron chi connectivity index (χ1n) is 14.7. The van der Waals surface area contributed by atoms with Crippen molar-refractivity contribution in [2.45, 2.75) is 129 Å². The lowest BCUT2D eigenvalue weighted by atomic mass is 9.44. The normalized spacial score (nSPS) is 43.8. The van der Waals surface area contributed by atoms with Crippen molar-refractivity contribution in [3.05, 3.63) is 35.9 Å². The number of benzene rings is 1. The Kier molecular flexibility index (Phi) is 6.46. The highest BCUT2D eigenvalue weighted by Gasteiger charge is 2.62. The Morgan fingerprint density at radius 1 is 0.886 bits per heavy atom. The lowest BCUT2D eigenvalue weighted by Gasteiger charge is -2.62. The minimum atomic E-state index is -1.76. The zero-order chi connectivity index (χ0) is 25.3. The number of rotatable bonds is 4. The van der Waals surface area contributed by atoms with E-state index >= 15 is 0 Å². The van der Waals surface area contributed by atoms with Gasteiger partial charge in [-0.1, -0.05) is 65.0 Å². The maximum Gasteiger partial charge on any atom is 0.192 e.